The number of primary amides is 1. The number of rotatable bonds is 10. The molecule has 0 bridgehead atoms. The summed E-state index contributed by atoms with van der Waals surface area (Å²) in [4.78, 5) is 33.2. The highest BCUT2D eigenvalue weighted by Gasteiger charge is 2.30. The van der Waals surface area contributed by atoms with Crippen LogP contribution in [0.25, 0.3) is 11.0 Å². The summed E-state index contributed by atoms with van der Waals surface area (Å²) in [6, 6.07) is 16.4. The summed E-state index contributed by atoms with van der Waals surface area (Å²) in [6.07, 6.45) is -0.446. The van der Waals surface area contributed by atoms with E-state index in [4.69, 9.17) is 22.1 Å². The average Bonchev–Trinajstić information content (AvgIpc) is 2.78. The van der Waals surface area contributed by atoms with Crippen LogP contribution in [-0.2, 0) is 16.0 Å². The molecule has 0 saturated carbocycles. The Morgan fingerprint density at radius 1 is 1.09 bits per heavy atom. The van der Waals surface area contributed by atoms with E-state index in [9.17, 15) is 14.7 Å². The number of aromatic nitrogens is 2. The van der Waals surface area contributed by atoms with Crippen LogP contribution < -0.4 is 5.73 Å². The predicted molar refractivity (Wildman–Crippen MR) is 122 cm³/mol. The lowest BCUT2D eigenvalue weighted by Crippen LogP contribution is -2.37. The summed E-state index contributed by atoms with van der Waals surface area (Å²) in [5.41, 5.74) is 7.53. The van der Waals surface area contributed by atoms with Gasteiger partial charge in [-0.3, -0.25) is 9.78 Å². The number of ether oxygens (including phenoxy) is 1. The van der Waals surface area contributed by atoms with Gasteiger partial charge in [-0.25, -0.2) is 9.78 Å². The number of allylic oxidation sites excluding steroid dienone is 1. The molecule has 1 heterocycles. The number of carbonyl (C=O) groups is 2. The normalized spacial score (nSPS) is 13.8. The minimum Gasteiger partial charge on any atom is -0.454 e. The maximum Gasteiger partial charge on any atom is 0.358 e. The summed E-state index contributed by atoms with van der Waals surface area (Å²) in [5.74, 6) is -2.08. The van der Waals surface area contributed by atoms with Crippen molar-refractivity contribution in [2.24, 2.45) is 11.7 Å². The number of para-hydroxylation sites is 2. The molecule has 8 heteroatoms. The number of aliphatic hydroxyl groups is 1. The standard InChI is InChI=1S/C24H24ClN3O4/c1-15(25)11-17(23(26)30)13-21(29)22(12-16-7-3-2-4-8-16)32-24(31)20-14-27-18-9-5-6-10-19(18)28-20/h2-10,14,17,21-22,29H,1,11-13H2,(H2,26,30)/t17-,21-,22-/m0/s1. The zero-order valence-electron chi connectivity index (χ0n) is 17.4. The lowest BCUT2D eigenvalue weighted by atomic mass is 9.92. The monoisotopic (exact) mass is 453 g/mol. The van der Waals surface area contributed by atoms with Gasteiger partial charge in [-0.15, -0.1) is 0 Å². The van der Waals surface area contributed by atoms with Crippen molar-refractivity contribution in [1.29, 1.82) is 0 Å². The zero-order valence-corrected chi connectivity index (χ0v) is 18.1. The van der Waals surface area contributed by atoms with Gasteiger partial charge in [0.05, 0.1) is 23.3 Å². The smallest absolute Gasteiger partial charge is 0.358 e. The Kier molecular flexibility index (Phi) is 7.92. The highest BCUT2D eigenvalue weighted by molar-refractivity contribution is 6.29. The highest BCUT2D eigenvalue weighted by Crippen LogP contribution is 2.23. The number of nitrogens with zero attached hydrogens (tertiary/aromatic N) is 2. The van der Waals surface area contributed by atoms with Crippen molar-refractivity contribution in [3.8, 4) is 0 Å². The second-order valence-electron chi connectivity index (χ2n) is 7.50. The molecule has 3 N–H and O–H groups in total. The summed E-state index contributed by atoms with van der Waals surface area (Å²) >= 11 is 5.84. The molecule has 0 unspecified atom stereocenters. The minimum absolute atomic E-state index is 0.0227. The molecule has 0 aliphatic heterocycles. The molecule has 0 fully saturated rings. The lowest BCUT2D eigenvalue weighted by Gasteiger charge is -2.25. The van der Waals surface area contributed by atoms with Crippen LogP contribution in [0.3, 0.4) is 0 Å². The van der Waals surface area contributed by atoms with Crippen molar-refractivity contribution in [2.75, 3.05) is 0 Å². The number of fused-ring (bicyclic) bond motifs is 1. The van der Waals surface area contributed by atoms with Crippen molar-refractivity contribution in [1.82, 2.24) is 9.97 Å². The fourth-order valence-electron chi connectivity index (χ4n) is 3.37. The fourth-order valence-corrected chi connectivity index (χ4v) is 3.55. The van der Waals surface area contributed by atoms with Crippen LogP contribution in [0.5, 0.6) is 0 Å². The zero-order chi connectivity index (χ0) is 23.1. The first-order valence-electron chi connectivity index (χ1n) is 10.1. The van der Waals surface area contributed by atoms with Gasteiger partial charge in [-0.1, -0.05) is 60.6 Å². The maximum atomic E-state index is 12.8. The van der Waals surface area contributed by atoms with E-state index >= 15 is 0 Å². The largest absolute Gasteiger partial charge is 0.454 e. The minimum atomic E-state index is -1.17. The topological polar surface area (TPSA) is 115 Å². The lowest BCUT2D eigenvalue weighted by molar-refractivity contribution is -0.123. The van der Waals surface area contributed by atoms with Gasteiger partial charge in [0.2, 0.25) is 5.91 Å². The summed E-state index contributed by atoms with van der Waals surface area (Å²) in [6.45, 7) is 3.59. The van der Waals surface area contributed by atoms with E-state index < -0.39 is 30.0 Å². The third-order valence-electron chi connectivity index (χ3n) is 5.02. The molecule has 3 rings (SSSR count). The van der Waals surface area contributed by atoms with Crippen LogP contribution in [0.1, 0.15) is 28.9 Å². The molecule has 2 aromatic carbocycles. The first-order chi connectivity index (χ1) is 15.3. The van der Waals surface area contributed by atoms with Gasteiger partial charge < -0.3 is 15.6 Å². The highest BCUT2D eigenvalue weighted by atomic mass is 35.5. The fraction of sp³-hybridized carbons (Fsp3) is 0.250. The number of halogens is 1. The Balaban J connectivity index is 1.81. The Morgan fingerprint density at radius 2 is 1.75 bits per heavy atom. The number of amides is 1. The Labute approximate surface area is 190 Å². The predicted octanol–water partition coefficient (Wildman–Crippen LogP) is 3.39. The van der Waals surface area contributed by atoms with Gasteiger partial charge in [0.15, 0.2) is 5.69 Å². The van der Waals surface area contributed by atoms with E-state index in [1.54, 1.807) is 18.2 Å². The summed E-state index contributed by atoms with van der Waals surface area (Å²) < 4.78 is 5.64. The van der Waals surface area contributed by atoms with Gasteiger partial charge in [-0.2, -0.15) is 0 Å². The first kappa shape index (κ1) is 23.4. The van der Waals surface area contributed by atoms with E-state index in [1.807, 2.05) is 36.4 Å². The van der Waals surface area contributed by atoms with Gasteiger partial charge in [-0.05, 0) is 30.5 Å². The number of hydrogen-bond acceptors (Lipinski definition) is 6. The molecule has 3 aromatic rings. The van der Waals surface area contributed by atoms with Crippen LogP contribution in [0.15, 0.2) is 72.4 Å². The van der Waals surface area contributed by atoms with Crippen molar-refractivity contribution in [3.05, 3.63) is 83.7 Å². The SMILES string of the molecule is C=C(Cl)C[C@@H](C[C@H](O)[C@H](Cc1ccccc1)OC(=O)c1cnc2ccccc2n1)C(N)=O. The number of hydrogen-bond donors (Lipinski definition) is 2. The van der Waals surface area contributed by atoms with E-state index in [2.05, 4.69) is 16.5 Å². The molecule has 32 heavy (non-hydrogen) atoms. The first-order valence-corrected chi connectivity index (χ1v) is 10.5. The van der Waals surface area contributed by atoms with Crippen molar-refractivity contribution in [2.45, 2.75) is 31.5 Å². The Morgan fingerprint density at radius 3 is 2.41 bits per heavy atom. The number of aliphatic hydroxyl groups excluding tert-OH is 1. The van der Waals surface area contributed by atoms with Crippen LogP contribution >= 0.6 is 11.6 Å². The van der Waals surface area contributed by atoms with E-state index in [1.165, 1.54) is 6.20 Å². The number of esters is 1. The number of nitrogens with two attached hydrogens (primary N) is 1. The molecule has 166 valence electrons. The molecular formula is C24H24ClN3O4. The second-order valence-corrected chi connectivity index (χ2v) is 8.04. The number of benzene rings is 2. The number of carbonyl (C=O) groups excluding carboxylic acids is 2. The van der Waals surface area contributed by atoms with Gasteiger partial charge in [0, 0.05) is 17.4 Å². The van der Waals surface area contributed by atoms with Crippen LogP contribution in [-0.4, -0.2) is 39.2 Å². The van der Waals surface area contributed by atoms with Crippen molar-refractivity contribution >= 4 is 34.5 Å². The second kappa shape index (κ2) is 10.8. The van der Waals surface area contributed by atoms with Crippen molar-refractivity contribution < 1.29 is 19.4 Å². The molecule has 3 atom stereocenters. The van der Waals surface area contributed by atoms with E-state index in [0.29, 0.717) is 11.0 Å². The molecule has 0 spiro atoms. The third kappa shape index (κ3) is 6.35. The van der Waals surface area contributed by atoms with Crippen LogP contribution in [0, 0.1) is 5.92 Å². The molecule has 1 amide bonds. The average molecular weight is 454 g/mol. The molecule has 0 aliphatic carbocycles. The Bertz CT molecular complexity index is 1110. The summed E-state index contributed by atoms with van der Waals surface area (Å²) in [5, 5.41) is 11.1. The van der Waals surface area contributed by atoms with Crippen LogP contribution in [0.2, 0.25) is 0 Å². The molecular weight excluding hydrogens is 430 g/mol. The Hall–Kier alpha value is -3.29. The van der Waals surface area contributed by atoms with Crippen molar-refractivity contribution in [3.63, 3.8) is 0 Å². The molecule has 0 saturated heterocycles. The molecule has 1 aromatic heterocycles. The molecule has 0 radical (unpaired) electrons. The molecule has 7 nitrogen and oxygen atoms in total. The van der Waals surface area contributed by atoms with E-state index in [-0.39, 0.29) is 30.0 Å². The van der Waals surface area contributed by atoms with Gasteiger partial charge in [0.1, 0.15) is 6.10 Å². The van der Waals surface area contributed by atoms with Crippen LogP contribution in [0.4, 0.5) is 0 Å². The van der Waals surface area contributed by atoms with Gasteiger partial charge in [0.25, 0.3) is 0 Å². The van der Waals surface area contributed by atoms with E-state index in [0.717, 1.165) is 5.56 Å². The summed E-state index contributed by atoms with van der Waals surface area (Å²) in [7, 11) is 0. The van der Waals surface area contributed by atoms with Gasteiger partial charge >= 0.3 is 5.97 Å². The quantitative estimate of drug-likeness (QED) is 0.454. The molecule has 0 aliphatic rings. The third-order valence-corrected chi connectivity index (χ3v) is 5.18. The maximum absolute atomic E-state index is 12.8.